The van der Waals surface area contributed by atoms with Gasteiger partial charge in [0.2, 0.25) is 0 Å². The second-order valence-electron chi connectivity index (χ2n) is 3.90. The predicted molar refractivity (Wildman–Crippen MR) is 61.3 cm³/mol. The van der Waals surface area contributed by atoms with E-state index >= 15 is 0 Å². The van der Waals surface area contributed by atoms with Crippen LogP contribution in [-0.2, 0) is 16.0 Å². The van der Waals surface area contributed by atoms with Gasteiger partial charge >= 0.3 is 0 Å². The van der Waals surface area contributed by atoms with E-state index in [9.17, 15) is 4.79 Å². The minimum Gasteiger partial charge on any atom is -0.368 e. The molecule has 0 unspecified atom stereocenters. The summed E-state index contributed by atoms with van der Waals surface area (Å²) in [5.41, 5.74) is 0.141. The van der Waals surface area contributed by atoms with Gasteiger partial charge in [0.25, 0.3) is 0 Å². The zero-order valence-electron chi connectivity index (χ0n) is 9.66. The SMILES string of the molecule is CCOC(C)(C)C(=O)Cc1csc(C)n1. The molecule has 0 saturated heterocycles. The van der Waals surface area contributed by atoms with E-state index in [0.717, 1.165) is 10.7 Å². The Kier molecular flexibility index (Phi) is 3.99. The lowest BCUT2D eigenvalue weighted by Crippen LogP contribution is -2.36. The van der Waals surface area contributed by atoms with E-state index in [-0.39, 0.29) is 5.78 Å². The molecule has 0 N–H and O–H groups in total. The summed E-state index contributed by atoms with van der Waals surface area (Å²) in [5, 5.41) is 2.92. The minimum atomic E-state index is -0.702. The maximum Gasteiger partial charge on any atom is 0.170 e. The van der Waals surface area contributed by atoms with Crippen molar-refractivity contribution in [3.05, 3.63) is 16.1 Å². The number of aryl methyl sites for hydroxylation is 1. The van der Waals surface area contributed by atoms with Crippen molar-refractivity contribution in [1.29, 1.82) is 0 Å². The van der Waals surface area contributed by atoms with Gasteiger partial charge in [-0.25, -0.2) is 4.98 Å². The normalized spacial score (nSPS) is 11.7. The Balaban J connectivity index is 2.63. The Morgan fingerprint density at radius 3 is 2.73 bits per heavy atom. The molecule has 0 atom stereocenters. The largest absolute Gasteiger partial charge is 0.368 e. The molecular weight excluding hydrogens is 210 g/mol. The van der Waals surface area contributed by atoms with Gasteiger partial charge in [0.1, 0.15) is 5.60 Å². The molecule has 0 fully saturated rings. The number of rotatable bonds is 5. The molecule has 0 radical (unpaired) electrons. The molecule has 0 aliphatic carbocycles. The number of carbonyl (C=O) groups excluding carboxylic acids is 1. The highest BCUT2D eigenvalue weighted by molar-refractivity contribution is 7.09. The number of aromatic nitrogens is 1. The molecule has 0 aromatic carbocycles. The quantitative estimate of drug-likeness (QED) is 0.775. The van der Waals surface area contributed by atoms with E-state index < -0.39 is 5.60 Å². The average Bonchev–Trinajstić information content (AvgIpc) is 2.51. The van der Waals surface area contributed by atoms with Crippen molar-refractivity contribution < 1.29 is 9.53 Å². The standard InChI is InChI=1S/C11H17NO2S/c1-5-14-11(3,4)10(13)6-9-7-15-8(2)12-9/h7H,5-6H2,1-4H3. The molecule has 0 bridgehead atoms. The van der Waals surface area contributed by atoms with Crippen LogP contribution in [0.2, 0.25) is 0 Å². The summed E-state index contributed by atoms with van der Waals surface area (Å²) in [7, 11) is 0. The van der Waals surface area contributed by atoms with E-state index in [1.54, 1.807) is 25.2 Å². The van der Waals surface area contributed by atoms with E-state index in [2.05, 4.69) is 4.98 Å². The summed E-state index contributed by atoms with van der Waals surface area (Å²) < 4.78 is 5.40. The van der Waals surface area contributed by atoms with Crippen LogP contribution in [0.15, 0.2) is 5.38 Å². The Bertz CT molecular complexity index is 344. The number of carbonyl (C=O) groups is 1. The molecule has 3 nitrogen and oxygen atoms in total. The summed E-state index contributed by atoms with van der Waals surface area (Å²) in [6.07, 6.45) is 0.358. The van der Waals surface area contributed by atoms with Gasteiger partial charge in [-0.2, -0.15) is 0 Å². The number of ketones is 1. The zero-order valence-corrected chi connectivity index (χ0v) is 10.5. The Hall–Kier alpha value is -0.740. The molecule has 1 aromatic rings. The molecule has 0 spiro atoms. The first-order valence-electron chi connectivity index (χ1n) is 5.04. The number of hydrogen-bond donors (Lipinski definition) is 0. The molecule has 0 amide bonds. The van der Waals surface area contributed by atoms with Gasteiger partial charge < -0.3 is 4.74 Å². The summed E-state index contributed by atoms with van der Waals surface area (Å²) in [6.45, 7) is 7.99. The fourth-order valence-corrected chi connectivity index (χ4v) is 1.92. The van der Waals surface area contributed by atoms with E-state index in [0.29, 0.717) is 13.0 Å². The molecule has 0 saturated carbocycles. The lowest BCUT2D eigenvalue weighted by atomic mass is 10.00. The van der Waals surface area contributed by atoms with Crippen LogP contribution in [0.1, 0.15) is 31.5 Å². The molecule has 1 aromatic heterocycles. The van der Waals surface area contributed by atoms with E-state index in [1.807, 2.05) is 19.2 Å². The van der Waals surface area contributed by atoms with Crippen molar-refractivity contribution in [3.63, 3.8) is 0 Å². The molecule has 1 heterocycles. The van der Waals surface area contributed by atoms with Gasteiger partial charge in [-0.15, -0.1) is 11.3 Å². The third-order valence-corrected chi connectivity index (χ3v) is 3.01. The van der Waals surface area contributed by atoms with Crippen LogP contribution >= 0.6 is 11.3 Å². The molecule has 15 heavy (non-hydrogen) atoms. The van der Waals surface area contributed by atoms with Crippen molar-refractivity contribution in [2.75, 3.05) is 6.61 Å². The van der Waals surface area contributed by atoms with Crippen molar-refractivity contribution in [2.24, 2.45) is 0 Å². The number of thiazole rings is 1. The minimum absolute atomic E-state index is 0.0784. The van der Waals surface area contributed by atoms with Crippen molar-refractivity contribution in [1.82, 2.24) is 4.98 Å². The first kappa shape index (κ1) is 12.3. The topological polar surface area (TPSA) is 39.2 Å². The number of hydrogen-bond acceptors (Lipinski definition) is 4. The lowest BCUT2D eigenvalue weighted by molar-refractivity contribution is -0.139. The van der Waals surface area contributed by atoms with Gasteiger partial charge in [0.15, 0.2) is 5.78 Å². The number of nitrogens with zero attached hydrogens (tertiary/aromatic N) is 1. The summed E-state index contributed by atoms with van der Waals surface area (Å²) >= 11 is 1.57. The van der Waals surface area contributed by atoms with Gasteiger partial charge in [0.05, 0.1) is 17.1 Å². The van der Waals surface area contributed by atoms with E-state index in [4.69, 9.17) is 4.74 Å². The van der Waals surface area contributed by atoms with Crippen LogP contribution < -0.4 is 0 Å². The second-order valence-corrected chi connectivity index (χ2v) is 4.96. The third-order valence-electron chi connectivity index (χ3n) is 2.18. The fraction of sp³-hybridized carbons (Fsp3) is 0.636. The van der Waals surface area contributed by atoms with Gasteiger partial charge in [-0.1, -0.05) is 0 Å². The number of Topliss-reactive ketones (excluding diaryl/α,β-unsaturated/α-hetero) is 1. The molecular formula is C11H17NO2S. The highest BCUT2D eigenvalue weighted by Crippen LogP contribution is 2.15. The van der Waals surface area contributed by atoms with Crippen LogP contribution in [0.4, 0.5) is 0 Å². The fourth-order valence-electron chi connectivity index (χ4n) is 1.31. The smallest absolute Gasteiger partial charge is 0.170 e. The van der Waals surface area contributed by atoms with Crippen LogP contribution in [0, 0.1) is 6.92 Å². The summed E-state index contributed by atoms with van der Waals surface area (Å²) in [5.74, 6) is 0.0784. The van der Waals surface area contributed by atoms with Crippen molar-refractivity contribution in [3.8, 4) is 0 Å². The van der Waals surface area contributed by atoms with Crippen molar-refractivity contribution in [2.45, 2.75) is 39.7 Å². The highest BCUT2D eigenvalue weighted by atomic mass is 32.1. The van der Waals surface area contributed by atoms with Crippen LogP contribution in [0.25, 0.3) is 0 Å². The summed E-state index contributed by atoms with van der Waals surface area (Å²) in [4.78, 5) is 16.1. The lowest BCUT2D eigenvalue weighted by Gasteiger charge is -2.22. The molecule has 84 valence electrons. The molecule has 0 aliphatic heterocycles. The molecule has 0 aliphatic rings. The van der Waals surface area contributed by atoms with Crippen LogP contribution in [0.3, 0.4) is 0 Å². The first-order valence-corrected chi connectivity index (χ1v) is 5.92. The molecule has 1 rings (SSSR count). The summed E-state index contributed by atoms with van der Waals surface area (Å²) in [6, 6.07) is 0. The van der Waals surface area contributed by atoms with Crippen molar-refractivity contribution >= 4 is 17.1 Å². The predicted octanol–water partition coefficient (Wildman–Crippen LogP) is 2.38. The zero-order chi connectivity index (χ0) is 11.5. The Morgan fingerprint density at radius 1 is 1.60 bits per heavy atom. The Morgan fingerprint density at radius 2 is 2.27 bits per heavy atom. The second kappa shape index (κ2) is 4.86. The molecule has 4 heteroatoms. The number of ether oxygens (including phenoxy) is 1. The highest BCUT2D eigenvalue weighted by Gasteiger charge is 2.28. The van der Waals surface area contributed by atoms with E-state index in [1.165, 1.54) is 0 Å². The van der Waals surface area contributed by atoms with Gasteiger partial charge in [-0.05, 0) is 27.7 Å². The first-order chi connectivity index (χ1) is 6.95. The van der Waals surface area contributed by atoms with Gasteiger partial charge in [-0.3, -0.25) is 4.79 Å². The third kappa shape index (κ3) is 3.39. The maximum atomic E-state index is 11.9. The Labute approximate surface area is 94.5 Å². The maximum absolute atomic E-state index is 11.9. The van der Waals surface area contributed by atoms with Crippen LogP contribution in [-0.4, -0.2) is 23.0 Å². The monoisotopic (exact) mass is 227 g/mol. The average molecular weight is 227 g/mol. The van der Waals surface area contributed by atoms with Crippen LogP contribution in [0.5, 0.6) is 0 Å². The van der Waals surface area contributed by atoms with Gasteiger partial charge in [0, 0.05) is 12.0 Å².